The molecule has 164 valence electrons. The SMILES string of the molecule is C[C@@H](OC(=O)C1CCN(C(=O)Nc2ccccc2)CC1)C(=O)NC1CCCCCC1. The summed E-state index contributed by atoms with van der Waals surface area (Å²) in [5.41, 5.74) is 0.748. The van der Waals surface area contributed by atoms with Crippen LogP contribution in [0.4, 0.5) is 10.5 Å². The lowest BCUT2D eigenvalue weighted by molar-refractivity contribution is -0.160. The standard InChI is InChI=1S/C23H33N3O4/c1-17(21(27)24-19-9-5-2-3-6-10-19)30-22(28)18-13-15-26(16-14-18)23(29)25-20-11-7-4-8-12-20/h4,7-8,11-12,17-19H,2-3,5-6,9-10,13-16H2,1H3,(H,24,27)(H,25,29)/t17-/m1/s1. The van der Waals surface area contributed by atoms with Gasteiger partial charge < -0.3 is 20.3 Å². The number of esters is 1. The molecule has 0 aromatic heterocycles. The fourth-order valence-electron chi connectivity index (χ4n) is 4.11. The van der Waals surface area contributed by atoms with Gasteiger partial charge in [-0.05, 0) is 44.7 Å². The number of para-hydroxylation sites is 1. The van der Waals surface area contributed by atoms with Crippen LogP contribution in [0, 0.1) is 5.92 Å². The number of urea groups is 1. The van der Waals surface area contributed by atoms with Crippen molar-refractivity contribution in [2.24, 2.45) is 5.92 Å². The summed E-state index contributed by atoms with van der Waals surface area (Å²) in [6.45, 7) is 2.61. The van der Waals surface area contributed by atoms with Crippen LogP contribution in [0.15, 0.2) is 30.3 Å². The number of likely N-dealkylation sites (tertiary alicyclic amines) is 1. The Balaban J connectivity index is 1.40. The summed E-state index contributed by atoms with van der Waals surface area (Å²) in [5.74, 6) is -0.838. The fraction of sp³-hybridized carbons (Fsp3) is 0.609. The molecule has 2 fully saturated rings. The predicted octanol–water partition coefficient (Wildman–Crippen LogP) is 3.70. The number of carbonyl (C=O) groups excluding carboxylic acids is 3. The average Bonchev–Trinajstić information content (AvgIpc) is 3.03. The average molecular weight is 416 g/mol. The van der Waals surface area contributed by atoms with Crippen LogP contribution in [-0.2, 0) is 14.3 Å². The van der Waals surface area contributed by atoms with Crippen molar-refractivity contribution in [3.05, 3.63) is 30.3 Å². The molecular weight excluding hydrogens is 382 g/mol. The highest BCUT2D eigenvalue weighted by molar-refractivity contribution is 5.89. The van der Waals surface area contributed by atoms with E-state index in [2.05, 4.69) is 10.6 Å². The van der Waals surface area contributed by atoms with Crippen molar-refractivity contribution in [1.29, 1.82) is 0 Å². The first kappa shape index (κ1) is 22.1. The molecule has 1 atom stereocenters. The zero-order chi connectivity index (χ0) is 21.3. The predicted molar refractivity (Wildman–Crippen MR) is 115 cm³/mol. The third kappa shape index (κ3) is 6.47. The number of anilines is 1. The zero-order valence-corrected chi connectivity index (χ0v) is 17.8. The number of nitrogens with zero attached hydrogens (tertiary/aromatic N) is 1. The lowest BCUT2D eigenvalue weighted by Gasteiger charge is -2.31. The van der Waals surface area contributed by atoms with Crippen molar-refractivity contribution in [3.8, 4) is 0 Å². The Bertz CT molecular complexity index is 708. The quantitative estimate of drug-likeness (QED) is 0.567. The number of benzene rings is 1. The Labute approximate surface area is 178 Å². The molecule has 1 aromatic carbocycles. The second-order valence-electron chi connectivity index (χ2n) is 8.33. The summed E-state index contributed by atoms with van der Waals surface area (Å²) in [4.78, 5) is 39.0. The van der Waals surface area contributed by atoms with Gasteiger partial charge in [0.2, 0.25) is 0 Å². The highest BCUT2D eigenvalue weighted by Gasteiger charge is 2.31. The number of hydrogen-bond acceptors (Lipinski definition) is 4. The Morgan fingerprint density at radius 2 is 1.60 bits per heavy atom. The van der Waals surface area contributed by atoms with Crippen molar-refractivity contribution in [1.82, 2.24) is 10.2 Å². The van der Waals surface area contributed by atoms with E-state index in [1.807, 2.05) is 30.3 Å². The molecule has 1 aromatic rings. The van der Waals surface area contributed by atoms with Gasteiger partial charge in [0, 0.05) is 24.8 Å². The molecule has 0 radical (unpaired) electrons. The van der Waals surface area contributed by atoms with Crippen LogP contribution in [0.3, 0.4) is 0 Å². The summed E-state index contributed by atoms with van der Waals surface area (Å²) in [5, 5.41) is 5.90. The van der Waals surface area contributed by atoms with Crippen LogP contribution >= 0.6 is 0 Å². The van der Waals surface area contributed by atoms with Crippen molar-refractivity contribution in [3.63, 3.8) is 0 Å². The summed E-state index contributed by atoms with van der Waals surface area (Å²) in [7, 11) is 0. The number of ether oxygens (including phenoxy) is 1. The lowest BCUT2D eigenvalue weighted by atomic mass is 9.97. The minimum atomic E-state index is -0.792. The molecule has 30 heavy (non-hydrogen) atoms. The molecule has 0 spiro atoms. The van der Waals surface area contributed by atoms with E-state index in [1.54, 1.807) is 11.8 Å². The van der Waals surface area contributed by atoms with Crippen LogP contribution < -0.4 is 10.6 Å². The van der Waals surface area contributed by atoms with Crippen molar-refractivity contribution < 1.29 is 19.1 Å². The van der Waals surface area contributed by atoms with Gasteiger partial charge in [-0.3, -0.25) is 9.59 Å². The maximum Gasteiger partial charge on any atom is 0.321 e. The van der Waals surface area contributed by atoms with E-state index in [0.29, 0.717) is 25.9 Å². The monoisotopic (exact) mass is 415 g/mol. The van der Waals surface area contributed by atoms with E-state index in [1.165, 1.54) is 12.8 Å². The van der Waals surface area contributed by atoms with Crippen molar-refractivity contribution in [2.45, 2.75) is 70.4 Å². The highest BCUT2D eigenvalue weighted by atomic mass is 16.5. The van der Waals surface area contributed by atoms with E-state index >= 15 is 0 Å². The molecule has 2 aliphatic rings. The van der Waals surface area contributed by atoms with Crippen molar-refractivity contribution in [2.75, 3.05) is 18.4 Å². The van der Waals surface area contributed by atoms with Gasteiger partial charge in [0.15, 0.2) is 6.10 Å². The van der Waals surface area contributed by atoms with Gasteiger partial charge in [0.05, 0.1) is 5.92 Å². The Morgan fingerprint density at radius 1 is 0.967 bits per heavy atom. The van der Waals surface area contributed by atoms with Gasteiger partial charge in [-0.25, -0.2) is 4.79 Å². The minimum absolute atomic E-state index is 0.163. The lowest BCUT2D eigenvalue weighted by Crippen LogP contribution is -2.45. The maximum atomic E-state index is 12.5. The summed E-state index contributed by atoms with van der Waals surface area (Å²) >= 11 is 0. The third-order valence-corrected chi connectivity index (χ3v) is 6.00. The molecule has 3 rings (SSSR count). The van der Waals surface area contributed by atoms with Gasteiger partial charge in [-0.15, -0.1) is 0 Å². The first-order valence-corrected chi connectivity index (χ1v) is 11.1. The second kappa shape index (κ2) is 11.0. The largest absolute Gasteiger partial charge is 0.452 e. The van der Waals surface area contributed by atoms with E-state index in [-0.39, 0.29) is 29.9 Å². The minimum Gasteiger partial charge on any atom is -0.452 e. The highest BCUT2D eigenvalue weighted by Crippen LogP contribution is 2.21. The van der Waals surface area contributed by atoms with Crippen molar-refractivity contribution >= 4 is 23.6 Å². The number of hydrogen-bond donors (Lipinski definition) is 2. The summed E-state index contributed by atoms with van der Waals surface area (Å²) in [6.07, 6.45) is 6.99. The molecule has 1 heterocycles. The number of piperidine rings is 1. The van der Waals surface area contributed by atoms with E-state index in [0.717, 1.165) is 31.4 Å². The molecule has 7 nitrogen and oxygen atoms in total. The van der Waals surface area contributed by atoms with Crippen LogP contribution in [-0.4, -0.2) is 48.0 Å². The van der Waals surface area contributed by atoms with Gasteiger partial charge in [0.1, 0.15) is 0 Å². The summed E-state index contributed by atoms with van der Waals surface area (Å²) < 4.78 is 5.45. The Hall–Kier alpha value is -2.57. The van der Waals surface area contributed by atoms with Crippen LogP contribution in [0.2, 0.25) is 0 Å². The van der Waals surface area contributed by atoms with Crippen LogP contribution in [0.25, 0.3) is 0 Å². The Kier molecular flexibility index (Phi) is 8.11. The maximum absolute atomic E-state index is 12.5. The molecule has 0 unspecified atom stereocenters. The van der Waals surface area contributed by atoms with Crippen LogP contribution in [0.1, 0.15) is 58.3 Å². The zero-order valence-electron chi connectivity index (χ0n) is 17.8. The summed E-state index contributed by atoms with van der Waals surface area (Å²) in [6, 6.07) is 9.32. The number of amides is 3. The van der Waals surface area contributed by atoms with Gasteiger partial charge >= 0.3 is 12.0 Å². The molecule has 2 N–H and O–H groups in total. The molecular formula is C23H33N3O4. The molecule has 1 saturated heterocycles. The normalized spacial score (nSPS) is 19.4. The molecule has 1 saturated carbocycles. The Morgan fingerprint density at radius 3 is 2.23 bits per heavy atom. The topological polar surface area (TPSA) is 87.7 Å². The van der Waals surface area contributed by atoms with E-state index < -0.39 is 6.10 Å². The fourth-order valence-corrected chi connectivity index (χ4v) is 4.11. The van der Waals surface area contributed by atoms with Gasteiger partial charge in [-0.2, -0.15) is 0 Å². The number of rotatable bonds is 5. The molecule has 7 heteroatoms. The first-order chi connectivity index (χ1) is 14.5. The molecule has 1 aliphatic carbocycles. The first-order valence-electron chi connectivity index (χ1n) is 11.1. The van der Waals surface area contributed by atoms with Gasteiger partial charge in [-0.1, -0.05) is 43.9 Å². The van der Waals surface area contributed by atoms with Gasteiger partial charge in [0.25, 0.3) is 5.91 Å². The van der Waals surface area contributed by atoms with Crippen LogP contribution in [0.5, 0.6) is 0 Å². The second-order valence-corrected chi connectivity index (χ2v) is 8.33. The van der Waals surface area contributed by atoms with E-state index in [9.17, 15) is 14.4 Å². The number of nitrogens with one attached hydrogen (secondary N) is 2. The smallest absolute Gasteiger partial charge is 0.321 e. The molecule has 1 aliphatic heterocycles. The van der Waals surface area contributed by atoms with E-state index in [4.69, 9.17) is 4.74 Å². The molecule has 3 amide bonds. The molecule has 0 bridgehead atoms. The third-order valence-electron chi connectivity index (χ3n) is 6.00. The number of carbonyl (C=O) groups is 3.